The molecule has 1 aromatic heterocycles. The van der Waals surface area contributed by atoms with Crippen LogP contribution in [-0.2, 0) is 4.74 Å². The SMILES string of the molecule is O=Cc1cccn1C1CCCOC1. The van der Waals surface area contributed by atoms with Gasteiger partial charge in [-0.2, -0.15) is 0 Å². The van der Waals surface area contributed by atoms with Gasteiger partial charge in [-0.05, 0) is 25.0 Å². The van der Waals surface area contributed by atoms with Crippen molar-refractivity contribution in [3.8, 4) is 0 Å². The van der Waals surface area contributed by atoms with Crippen LogP contribution < -0.4 is 0 Å². The molecule has 1 atom stereocenters. The van der Waals surface area contributed by atoms with Crippen LogP contribution in [0.3, 0.4) is 0 Å². The number of ether oxygens (including phenoxy) is 1. The summed E-state index contributed by atoms with van der Waals surface area (Å²) >= 11 is 0. The smallest absolute Gasteiger partial charge is 0.166 e. The predicted molar refractivity (Wildman–Crippen MR) is 48.9 cm³/mol. The summed E-state index contributed by atoms with van der Waals surface area (Å²) in [6.45, 7) is 1.59. The highest BCUT2D eigenvalue weighted by molar-refractivity contribution is 5.72. The van der Waals surface area contributed by atoms with Crippen molar-refractivity contribution in [1.82, 2.24) is 4.57 Å². The van der Waals surface area contributed by atoms with Gasteiger partial charge in [0.25, 0.3) is 0 Å². The largest absolute Gasteiger partial charge is 0.379 e. The molecule has 1 fully saturated rings. The second kappa shape index (κ2) is 3.75. The van der Waals surface area contributed by atoms with Crippen molar-refractivity contribution in [2.45, 2.75) is 18.9 Å². The minimum Gasteiger partial charge on any atom is -0.379 e. The molecule has 1 aromatic rings. The van der Waals surface area contributed by atoms with Gasteiger partial charge in [0, 0.05) is 12.8 Å². The van der Waals surface area contributed by atoms with E-state index < -0.39 is 0 Å². The fourth-order valence-corrected chi connectivity index (χ4v) is 1.78. The maximum atomic E-state index is 10.7. The van der Waals surface area contributed by atoms with Crippen molar-refractivity contribution in [3.63, 3.8) is 0 Å². The lowest BCUT2D eigenvalue weighted by Crippen LogP contribution is -2.21. The van der Waals surface area contributed by atoms with Crippen molar-refractivity contribution in [2.75, 3.05) is 13.2 Å². The molecule has 0 saturated carbocycles. The first kappa shape index (κ1) is 8.51. The molecule has 1 unspecified atom stereocenters. The van der Waals surface area contributed by atoms with Gasteiger partial charge in [-0.25, -0.2) is 0 Å². The first-order chi connectivity index (χ1) is 6.42. The minimum atomic E-state index is 0.351. The summed E-state index contributed by atoms with van der Waals surface area (Å²) < 4.78 is 7.37. The van der Waals surface area contributed by atoms with Crippen LogP contribution >= 0.6 is 0 Å². The van der Waals surface area contributed by atoms with Crippen molar-refractivity contribution in [1.29, 1.82) is 0 Å². The number of hydrogen-bond donors (Lipinski definition) is 0. The van der Waals surface area contributed by atoms with Gasteiger partial charge in [-0.15, -0.1) is 0 Å². The molecule has 0 radical (unpaired) electrons. The Morgan fingerprint density at radius 1 is 1.62 bits per heavy atom. The highest BCUT2D eigenvalue weighted by Gasteiger charge is 2.16. The van der Waals surface area contributed by atoms with Crippen LogP contribution in [0.25, 0.3) is 0 Å². The van der Waals surface area contributed by atoms with Gasteiger partial charge in [-0.3, -0.25) is 4.79 Å². The van der Waals surface area contributed by atoms with Gasteiger partial charge in [-0.1, -0.05) is 0 Å². The van der Waals surface area contributed by atoms with Crippen LogP contribution in [0.15, 0.2) is 18.3 Å². The van der Waals surface area contributed by atoms with E-state index in [-0.39, 0.29) is 0 Å². The predicted octanol–water partition coefficient (Wildman–Crippen LogP) is 1.65. The molecule has 1 saturated heterocycles. The number of aromatic nitrogens is 1. The van der Waals surface area contributed by atoms with Gasteiger partial charge >= 0.3 is 0 Å². The summed E-state index contributed by atoms with van der Waals surface area (Å²) in [5, 5.41) is 0. The average Bonchev–Trinajstić information content (AvgIpc) is 2.67. The topological polar surface area (TPSA) is 31.2 Å². The lowest BCUT2D eigenvalue weighted by Gasteiger charge is -2.24. The van der Waals surface area contributed by atoms with Gasteiger partial charge < -0.3 is 9.30 Å². The number of rotatable bonds is 2. The van der Waals surface area contributed by atoms with Gasteiger partial charge in [0.1, 0.15) is 0 Å². The van der Waals surface area contributed by atoms with Crippen LogP contribution in [0.2, 0.25) is 0 Å². The fourth-order valence-electron chi connectivity index (χ4n) is 1.78. The number of nitrogens with zero attached hydrogens (tertiary/aromatic N) is 1. The minimum absolute atomic E-state index is 0.351. The molecule has 1 aliphatic rings. The molecule has 0 aromatic carbocycles. The third-order valence-electron chi connectivity index (χ3n) is 2.46. The maximum Gasteiger partial charge on any atom is 0.166 e. The quantitative estimate of drug-likeness (QED) is 0.646. The molecule has 0 N–H and O–H groups in total. The van der Waals surface area contributed by atoms with Crippen molar-refractivity contribution >= 4 is 6.29 Å². The van der Waals surface area contributed by atoms with Crippen LogP contribution in [0.5, 0.6) is 0 Å². The molecule has 13 heavy (non-hydrogen) atoms. The second-order valence-corrected chi connectivity index (χ2v) is 3.33. The van der Waals surface area contributed by atoms with E-state index >= 15 is 0 Å². The van der Waals surface area contributed by atoms with Gasteiger partial charge in [0.15, 0.2) is 6.29 Å². The fraction of sp³-hybridized carbons (Fsp3) is 0.500. The Morgan fingerprint density at radius 2 is 2.54 bits per heavy atom. The van der Waals surface area contributed by atoms with Crippen LogP contribution in [-0.4, -0.2) is 24.1 Å². The molecule has 0 aliphatic carbocycles. The van der Waals surface area contributed by atoms with E-state index in [1.165, 1.54) is 0 Å². The molecule has 2 rings (SSSR count). The lowest BCUT2D eigenvalue weighted by atomic mass is 10.1. The summed E-state index contributed by atoms with van der Waals surface area (Å²) in [4.78, 5) is 10.7. The Kier molecular flexibility index (Phi) is 2.45. The lowest BCUT2D eigenvalue weighted by molar-refractivity contribution is 0.0584. The molecule has 70 valence electrons. The molecule has 3 nitrogen and oxygen atoms in total. The molecular weight excluding hydrogens is 166 g/mol. The summed E-state index contributed by atoms with van der Waals surface area (Å²) in [6, 6.07) is 4.09. The number of carbonyl (C=O) groups is 1. The van der Waals surface area contributed by atoms with Crippen molar-refractivity contribution in [3.05, 3.63) is 24.0 Å². The van der Waals surface area contributed by atoms with Crippen molar-refractivity contribution in [2.24, 2.45) is 0 Å². The Morgan fingerprint density at radius 3 is 3.23 bits per heavy atom. The highest BCUT2D eigenvalue weighted by atomic mass is 16.5. The van der Waals surface area contributed by atoms with Gasteiger partial charge in [0.05, 0.1) is 18.3 Å². The zero-order chi connectivity index (χ0) is 9.10. The first-order valence-electron chi connectivity index (χ1n) is 4.61. The average molecular weight is 179 g/mol. The van der Waals surface area contributed by atoms with E-state index in [0.717, 1.165) is 38.0 Å². The molecule has 0 spiro atoms. The van der Waals surface area contributed by atoms with E-state index in [9.17, 15) is 4.79 Å². The maximum absolute atomic E-state index is 10.7. The molecule has 2 heterocycles. The Bertz CT molecular complexity index is 287. The summed E-state index contributed by atoms with van der Waals surface area (Å²) in [5.74, 6) is 0. The van der Waals surface area contributed by atoms with Gasteiger partial charge in [0.2, 0.25) is 0 Å². The first-order valence-corrected chi connectivity index (χ1v) is 4.61. The molecule has 1 aliphatic heterocycles. The third kappa shape index (κ3) is 1.65. The van der Waals surface area contributed by atoms with Crippen molar-refractivity contribution < 1.29 is 9.53 Å². The molecule has 0 amide bonds. The standard InChI is InChI=1S/C10H13NO2/c12-7-9-3-1-5-11(9)10-4-2-6-13-8-10/h1,3,5,7,10H,2,4,6,8H2. The molecular formula is C10H13NO2. The zero-order valence-corrected chi connectivity index (χ0v) is 7.48. The van der Waals surface area contributed by atoms with E-state index in [2.05, 4.69) is 0 Å². The number of aldehydes is 1. The zero-order valence-electron chi connectivity index (χ0n) is 7.48. The normalized spacial score (nSPS) is 22.9. The second-order valence-electron chi connectivity index (χ2n) is 3.33. The highest BCUT2D eigenvalue weighted by Crippen LogP contribution is 2.20. The van der Waals surface area contributed by atoms with E-state index in [1.807, 2.05) is 22.9 Å². The number of hydrogen-bond acceptors (Lipinski definition) is 2. The Labute approximate surface area is 77.3 Å². The van der Waals surface area contributed by atoms with Crippen LogP contribution in [0.1, 0.15) is 29.4 Å². The third-order valence-corrected chi connectivity index (χ3v) is 2.46. The molecule has 0 bridgehead atoms. The molecule has 3 heteroatoms. The van der Waals surface area contributed by atoms with Crippen LogP contribution in [0.4, 0.5) is 0 Å². The summed E-state index contributed by atoms with van der Waals surface area (Å²) in [6.07, 6.45) is 5.04. The van der Waals surface area contributed by atoms with E-state index in [1.54, 1.807) is 0 Å². The summed E-state index contributed by atoms with van der Waals surface area (Å²) in [7, 11) is 0. The Hall–Kier alpha value is -1.09. The Balaban J connectivity index is 2.17. The number of carbonyl (C=O) groups excluding carboxylic acids is 1. The van der Waals surface area contributed by atoms with E-state index in [4.69, 9.17) is 4.74 Å². The summed E-state index contributed by atoms with van der Waals surface area (Å²) in [5.41, 5.74) is 0.746. The monoisotopic (exact) mass is 179 g/mol. The van der Waals surface area contributed by atoms with Crippen LogP contribution in [0, 0.1) is 0 Å². The van der Waals surface area contributed by atoms with E-state index in [0.29, 0.717) is 6.04 Å².